The van der Waals surface area contributed by atoms with Gasteiger partial charge in [-0.3, -0.25) is 4.79 Å². The molecule has 0 aliphatic carbocycles. The second-order valence-corrected chi connectivity index (χ2v) is 2.77. The first-order chi connectivity index (χ1) is 5.65. The van der Waals surface area contributed by atoms with E-state index in [0.29, 0.717) is 4.88 Å². The largest absolute Gasteiger partial charge is 0.476 e. The van der Waals surface area contributed by atoms with Gasteiger partial charge in [-0.15, -0.1) is 0 Å². The number of carbonyl (C=O) groups is 2. The van der Waals surface area contributed by atoms with Gasteiger partial charge in [0.05, 0.1) is 0 Å². The number of aromatic nitrogens is 1. The highest BCUT2D eigenvalue weighted by Crippen LogP contribution is 2.09. The van der Waals surface area contributed by atoms with E-state index >= 15 is 0 Å². The van der Waals surface area contributed by atoms with Crippen molar-refractivity contribution in [3.8, 4) is 0 Å². The maximum absolute atomic E-state index is 10.9. The minimum atomic E-state index is -1.12. The first kappa shape index (κ1) is 8.66. The number of carboxylic acids is 1. The number of hydrogen-bond acceptors (Lipinski definition) is 4. The van der Waals surface area contributed by atoms with Crippen LogP contribution in [0.5, 0.6) is 0 Å². The van der Waals surface area contributed by atoms with Crippen molar-refractivity contribution in [2.75, 3.05) is 7.05 Å². The molecule has 0 spiro atoms. The van der Waals surface area contributed by atoms with Crippen molar-refractivity contribution in [3.05, 3.63) is 16.6 Å². The number of carboxylic acid groups (broad SMARTS) is 1. The van der Waals surface area contributed by atoms with Gasteiger partial charge in [-0.2, -0.15) is 4.37 Å². The van der Waals surface area contributed by atoms with Gasteiger partial charge in [0, 0.05) is 7.05 Å². The molecule has 0 aliphatic heterocycles. The summed E-state index contributed by atoms with van der Waals surface area (Å²) in [5, 5.41) is 10.8. The van der Waals surface area contributed by atoms with Crippen LogP contribution in [0.25, 0.3) is 0 Å². The van der Waals surface area contributed by atoms with Crippen LogP contribution >= 0.6 is 11.5 Å². The summed E-state index contributed by atoms with van der Waals surface area (Å²) in [6.45, 7) is 0. The van der Waals surface area contributed by atoms with Crippen molar-refractivity contribution in [1.29, 1.82) is 0 Å². The topological polar surface area (TPSA) is 79.3 Å². The third-order valence-electron chi connectivity index (χ3n) is 1.18. The van der Waals surface area contributed by atoms with Gasteiger partial charge in [0.2, 0.25) is 0 Å². The molecule has 1 heterocycles. The Morgan fingerprint density at radius 3 is 2.75 bits per heavy atom. The average Bonchev–Trinajstić information content (AvgIpc) is 2.51. The zero-order chi connectivity index (χ0) is 9.14. The van der Waals surface area contributed by atoms with Gasteiger partial charge in [-0.05, 0) is 17.6 Å². The summed E-state index contributed by atoms with van der Waals surface area (Å²) >= 11 is 0.868. The molecular formula is C6H6N2O3S. The van der Waals surface area contributed by atoms with E-state index in [1.54, 1.807) is 0 Å². The number of aromatic carboxylic acids is 1. The highest BCUT2D eigenvalue weighted by Gasteiger charge is 2.12. The van der Waals surface area contributed by atoms with Crippen molar-refractivity contribution in [3.63, 3.8) is 0 Å². The van der Waals surface area contributed by atoms with Crippen LogP contribution in [0.2, 0.25) is 0 Å². The SMILES string of the molecule is CNC(=O)c1cc(C(=O)O)ns1. The van der Waals surface area contributed by atoms with Gasteiger partial charge in [0.1, 0.15) is 4.88 Å². The Balaban J connectivity index is 2.91. The van der Waals surface area contributed by atoms with E-state index in [0.717, 1.165) is 11.5 Å². The lowest BCUT2D eigenvalue weighted by Gasteiger charge is -1.89. The van der Waals surface area contributed by atoms with Crippen LogP contribution < -0.4 is 5.32 Å². The van der Waals surface area contributed by atoms with Crippen molar-refractivity contribution >= 4 is 23.4 Å². The van der Waals surface area contributed by atoms with E-state index in [1.807, 2.05) is 0 Å². The fourth-order valence-electron chi connectivity index (χ4n) is 0.606. The highest BCUT2D eigenvalue weighted by molar-refractivity contribution is 7.08. The van der Waals surface area contributed by atoms with Gasteiger partial charge in [0.15, 0.2) is 5.69 Å². The Morgan fingerprint density at radius 2 is 2.33 bits per heavy atom. The van der Waals surface area contributed by atoms with Crippen molar-refractivity contribution in [2.24, 2.45) is 0 Å². The normalized spacial score (nSPS) is 9.42. The average molecular weight is 186 g/mol. The molecule has 6 heteroatoms. The molecular weight excluding hydrogens is 180 g/mol. The summed E-state index contributed by atoms with van der Waals surface area (Å²) in [4.78, 5) is 21.6. The molecule has 64 valence electrons. The third kappa shape index (κ3) is 1.59. The minimum Gasteiger partial charge on any atom is -0.476 e. The quantitative estimate of drug-likeness (QED) is 0.691. The lowest BCUT2D eigenvalue weighted by molar-refractivity contribution is 0.0692. The van der Waals surface area contributed by atoms with Crippen LogP contribution in [0, 0.1) is 0 Å². The number of amides is 1. The fraction of sp³-hybridized carbons (Fsp3) is 0.167. The van der Waals surface area contributed by atoms with E-state index < -0.39 is 5.97 Å². The minimum absolute atomic E-state index is 0.0985. The van der Waals surface area contributed by atoms with E-state index in [9.17, 15) is 9.59 Å². The van der Waals surface area contributed by atoms with Gasteiger partial charge in [0.25, 0.3) is 5.91 Å². The summed E-state index contributed by atoms with van der Waals surface area (Å²) in [6, 6.07) is 1.24. The summed E-state index contributed by atoms with van der Waals surface area (Å²) < 4.78 is 3.57. The summed E-state index contributed by atoms with van der Waals surface area (Å²) in [7, 11) is 1.47. The molecule has 0 aromatic carbocycles. The molecule has 0 saturated carbocycles. The maximum atomic E-state index is 10.9. The number of hydrogen-bond donors (Lipinski definition) is 2. The van der Waals surface area contributed by atoms with Crippen molar-refractivity contribution in [2.45, 2.75) is 0 Å². The predicted molar refractivity (Wildman–Crippen MR) is 42.5 cm³/mol. The summed E-state index contributed by atoms with van der Waals surface area (Å²) in [5.41, 5.74) is -0.0985. The summed E-state index contributed by atoms with van der Waals surface area (Å²) in [6.07, 6.45) is 0. The van der Waals surface area contributed by atoms with Crippen LogP contribution in [0.15, 0.2) is 6.07 Å². The number of nitrogens with one attached hydrogen (secondary N) is 1. The molecule has 1 aromatic heterocycles. The highest BCUT2D eigenvalue weighted by atomic mass is 32.1. The van der Waals surface area contributed by atoms with Crippen LogP contribution in [0.1, 0.15) is 20.2 Å². The first-order valence-corrected chi connectivity index (χ1v) is 3.84. The Kier molecular flexibility index (Phi) is 2.39. The molecule has 2 N–H and O–H groups in total. The zero-order valence-corrected chi connectivity index (χ0v) is 7.01. The van der Waals surface area contributed by atoms with Crippen LogP contribution in [0.3, 0.4) is 0 Å². The predicted octanol–water partition coefficient (Wildman–Crippen LogP) is 0.201. The third-order valence-corrected chi connectivity index (χ3v) is 1.97. The smallest absolute Gasteiger partial charge is 0.355 e. The van der Waals surface area contributed by atoms with Gasteiger partial charge in [-0.1, -0.05) is 0 Å². The number of nitrogens with zero attached hydrogens (tertiary/aromatic N) is 1. The van der Waals surface area contributed by atoms with Gasteiger partial charge in [-0.25, -0.2) is 4.79 Å². The molecule has 12 heavy (non-hydrogen) atoms. The molecule has 0 fully saturated rings. The van der Waals surface area contributed by atoms with Gasteiger partial charge >= 0.3 is 5.97 Å². The molecule has 5 nitrogen and oxygen atoms in total. The Hall–Kier alpha value is -1.43. The van der Waals surface area contributed by atoms with Crippen LogP contribution in [-0.2, 0) is 0 Å². The fourth-order valence-corrected chi connectivity index (χ4v) is 1.28. The Labute approximate surface area is 72.2 Å². The molecule has 0 aliphatic rings. The maximum Gasteiger partial charge on any atom is 0.355 e. The van der Waals surface area contributed by atoms with Crippen molar-refractivity contribution in [1.82, 2.24) is 9.69 Å². The monoisotopic (exact) mass is 186 g/mol. The second-order valence-electron chi connectivity index (χ2n) is 1.96. The molecule has 0 radical (unpaired) electrons. The lowest BCUT2D eigenvalue weighted by atomic mass is 10.3. The zero-order valence-electron chi connectivity index (χ0n) is 6.20. The molecule has 0 saturated heterocycles. The molecule has 1 amide bonds. The standard InChI is InChI=1S/C6H6N2O3S/c1-7-5(9)4-2-3(6(10)11)8-12-4/h2H,1H3,(H,7,9)(H,10,11). The van der Waals surface area contributed by atoms with E-state index in [1.165, 1.54) is 13.1 Å². The Morgan fingerprint density at radius 1 is 1.67 bits per heavy atom. The number of rotatable bonds is 2. The van der Waals surface area contributed by atoms with E-state index in [-0.39, 0.29) is 11.6 Å². The van der Waals surface area contributed by atoms with Crippen molar-refractivity contribution < 1.29 is 14.7 Å². The molecule has 0 unspecified atom stereocenters. The molecule has 1 rings (SSSR count). The van der Waals surface area contributed by atoms with Gasteiger partial charge < -0.3 is 10.4 Å². The molecule has 1 aromatic rings. The Bertz CT molecular complexity index is 320. The number of carbonyl (C=O) groups excluding carboxylic acids is 1. The summed E-state index contributed by atoms with van der Waals surface area (Å²) in [5.74, 6) is -1.44. The van der Waals surface area contributed by atoms with Crippen LogP contribution in [0.4, 0.5) is 0 Å². The van der Waals surface area contributed by atoms with E-state index in [2.05, 4.69) is 9.69 Å². The van der Waals surface area contributed by atoms with E-state index in [4.69, 9.17) is 5.11 Å². The molecule has 0 atom stereocenters. The van der Waals surface area contributed by atoms with Crippen LogP contribution in [-0.4, -0.2) is 28.4 Å². The first-order valence-electron chi connectivity index (χ1n) is 3.07. The molecule has 0 bridgehead atoms. The second kappa shape index (κ2) is 3.31. The lowest BCUT2D eigenvalue weighted by Crippen LogP contribution is -2.16.